The lowest BCUT2D eigenvalue weighted by atomic mass is 10.1. The summed E-state index contributed by atoms with van der Waals surface area (Å²) in [4.78, 5) is 30.7. The number of amides is 2. The molecule has 2 aliphatic rings. The molecule has 160 valence electrons. The third kappa shape index (κ3) is 4.18. The Bertz CT molecular complexity index is 1080. The van der Waals surface area contributed by atoms with Crippen molar-refractivity contribution in [3.8, 4) is 11.3 Å². The van der Waals surface area contributed by atoms with Crippen LogP contribution in [0.5, 0.6) is 0 Å². The Morgan fingerprint density at radius 3 is 2.94 bits per heavy atom. The van der Waals surface area contributed by atoms with E-state index < -0.39 is 0 Å². The topological polar surface area (TPSA) is 74.2 Å². The highest BCUT2D eigenvalue weighted by Crippen LogP contribution is 2.40. The zero-order valence-electron chi connectivity index (χ0n) is 17.4. The van der Waals surface area contributed by atoms with Gasteiger partial charge in [0.2, 0.25) is 0 Å². The van der Waals surface area contributed by atoms with E-state index >= 15 is 0 Å². The van der Waals surface area contributed by atoms with Gasteiger partial charge in [-0.2, -0.15) is 0 Å². The molecule has 3 aromatic rings. The molecule has 7 nitrogen and oxygen atoms in total. The van der Waals surface area contributed by atoms with E-state index in [1.54, 1.807) is 12.4 Å². The summed E-state index contributed by atoms with van der Waals surface area (Å²) < 4.78 is 0. The van der Waals surface area contributed by atoms with Crippen LogP contribution in [0.4, 0.5) is 16.3 Å². The summed E-state index contributed by atoms with van der Waals surface area (Å²) in [6, 6.07) is 12.1. The summed E-state index contributed by atoms with van der Waals surface area (Å²) in [5, 5.41) is 3.08. The number of hydrogen-bond donors (Lipinski definition) is 1. The number of urea groups is 1. The van der Waals surface area contributed by atoms with Crippen molar-refractivity contribution in [2.24, 2.45) is 0 Å². The molecule has 2 aliphatic heterocycles. The minimum atomic E-state index is -0.0813. The zero-order valence-corrected chi connectivity index (χ0v) is 18.2. The first-order chi connectivity index (χ1) is 14.7. The van der Waals surface area contributed by atoms with Gasteiger partial charge in [-0.15, -0.1) is 12.4 Å². The van der Waals surface area contributed by atoms with Crippen LogP contribution >= 0.6 is 12.4 Å². The average molecular weight is 437 g/mol. The molecule has 2 bridgehead atoms. The lowest BCUT2D eigenvalue weighted by molar-refractivity contribution is 0.244. The maximum atomic E-state index is 13.2. The summed E-state index contributed by atoms with van der Waals surface area (Å²) in [5.74, 6) is 0.745. The van der Waals surface area contributed by atoms with E-state index in [0.29, 0.717) is 6.54 Å². The Labute approximate surface area is 187 Å². The Balaban J connectivity index is 0.00000231. The van der Waals surface area contributed by atoms with Crippen LogP contribution in [0.2, 0.25) is 0 Å². The fourth-order valence-electron chi connectivity index (χ4n) is 4.28. The molecule has 0 aromatic carbocycles. The van der Waals surface area contributed by atoms with Crippen molar-refractivity contribution in [3.05, 3.63) is 66.2 Å². The molecule has 0 spiro atoms. The molecule has 2 amide bonds. The van der Waals surface area contributed by atoms with Crippen LogP contribution < -0.4 is 15.1 Å². The standard InChI is InChI=1S/C23H24N6O.ClH/c1-16-13-18(7-11-25-16)20-4-5-21-22(27-20)29(19-8-12-28(21)15-19)23(30)26-10-6-17-3-2-9-24-14-17;/h2-5,7,9,11,13-14,19H,6,8,10,12,15H2,1H3,(H,26,30);1H/t19-;/m0./s1. The van der Waals surface area contributed by atoms with E-state index in [1.807, 2.05) is 48.4 Å². The minimum Gasteiger partial charge on any atom is -0.366 e. The molecule has 3 aromatic heterocycles. The first-order valence-electron chi connectivity index (χ1n) is 10.3. The van der Waals surface area contributed by atoms with Crippen LogP contribution in [-0.2, 0) is 6.42 Å². The summed E-state index contributed by atoms with van der Waals surface area (Å²) in [6.07, 6.45) is 7.09. The highest BCUT2D eigenvalue weighted by molar-refractivity contribution is 5.97. The first-order valence-corrected chi connectivity index (χ1v) is 10.3. The predicted octanol–water partition coefficient (Wildman–Crippen LogP) is 3.62. The van der Waals surface area contributed by atoms with Crippen LogP contribution in [0.25, 0.3) is 11.3 Å². The third-order valence-corrected chi connectivity index (χ3v) is 5.78. The second-order valence-electron chi connectivity index (χ2n) is 7.83. The SMILES string of the molecule is Cc1cc(-c2ccc3c(n2)N(C(=O)NCCc2cccnc2)[C@H]2CCN3C2)ccn1.Cl. The van der Waals surface area contributed by atoms with Crippen molar-refractivity contribution in [1.82, 2.24) is 20.3 Å². The van der Waals surface area contributed by atoms with Gasteiger partial charge >= 0.3 is 6.03 Å². The number of pyridine rings is 3. The van der Waals surface area contributed by atoms with Crippen molar-refractivity contribution in [2.75, 3.05) is 29.4 Å². The summed E-state index contributed by atoms with van der Waals surface area (Å²) in [7, 11) is 0. The van der Waals surface area contributed by atoms with Gasteiger partial charge in [0.25, 0.3) is 0 Å². The van der Waals surface area contributed by atoms with Crippen LogP contribution in [0.1, 0.15) is 17.7 Å². The number of carbonyl (C=O) groups is 1. The van der Waals surface area contributed by atoms with Crippen LogP contribution in [-0.4, -0.2) is 46.7 Å². The number of halogens is 1. The molecular formula is C23H25ClN6O. The van der Waals surface area contributed by atoms with Crippen LogP contribution in [0.3, 0.4) is 0 Å². The largest absolute Gasteiger partial charge is 0.366 e. The molecule has 0 aliphatic carbocycles. The lowest BCUT2D eigenvalue weighted by Gasteiger charge is -2.36. The van der Waals surface area contributed by atoms with Crippen LogP contribution in [0, 0.1) is 6.92 Å². The van der Waals surface area contributed by atoms with Gasteiger partial charge in [0.15, 0.2) is 5.82 Å². The van der Waals surface area contributed by atoms with Gasteiger partial charge < -0.3 is 10.2 Å². The minimum absolute atomic E-state index is 0. The number of nitrogens with one attached hydrogen (secondary N) is 1. The van der Waals surface area contributed by atoms with E-state index in [4.69, 9.17) is 4.98 Å². The molecule has 0 radical (unpaired) electrons. The number of rotatable bonds is 4. The van der Waals surface area contributed by atoms with E-state index in [0.717, 1.165) is 60.0 Å². The van der Waals surface area contributed by atoms with E-state index in [2.05, 4.69) is 26.3 Å². The Morgan fingerprint density at radius 1 is 1.23 bits per heavy atom. The van der Waals surface area contributed by atoms with Crippen molar-refractivity contribution in [3.63, 3.8) is 0 Å². The van der Waals surface area contributed by atoms with E-state index in [9.17, 15) is 4.79 Å². The summed E-state index contributed by atoms with van der Waals surface area (Å²) in [5.41, 5.74) is 4.95. The van der Waals surface area contributed by atoms with Gasteiger partial charge in [-0.1, -0.05) is 6.07 Å². The Kier molecular flexibility index (Phi) is 6.04. The van der Waals surface area contributed by atoms with Crippen molar-refractivity contribution >= 4 is 29.9 Å². The monoisotopic (exact) mass is 436 g/mol. The quantitative estimate of drug-likeness (QED) is 0.676. The number of aryl methyl sites for hydroxylation is 1. The molecule has 1 N–H and O–H groups in total. The Hall–Kier alpha value is -3.19. The fraction of sp³-hybridized carbons (Fsp3) is 0.304. The molecule has 0 saturated carbocycles. The highest BCUT2D eigenvalue weighted by Gasteiger charge is 2.40. The molecule has 1 atom stereocenters. The highest BCUT2D eigenvalue weighted by atomic mass is 35.5. The maximum absolute atomic E-state index is 13.2. The first kappa shape index (κ1) is 21.1. The average Bonchev–Trinajstić information content (AvgIpc) is 3.18. The number of fused-ring (bicyclic) bond motifs is 4. The lowest BCUT2D eigenvalue weighted by Crippen LogP contribution is -2.51. The molecule has 5 rings (SSSR count). The molecule has 1 fully saturated rings. The third-order valence-electron chi connectivity index (χ3n) is 5.78. The Morgan fingerprint density at radius 2 is 2.13 bits per heavy atom. The van der Waals surface area contributed by atoms with Gasteiger partial charge in [0.05, 0.1) is 17.4 Å². The van der Waals surface area contributed by atoms with Gasteiger partial charge in [-0.3, -0.25) is 14.9 Å². The normalized spacial score (nSPS) is 16.5. The van der Waals surface area contributed by atoms with Gasteiger partial charge in [-0.25, -0.2) is 9.78 Å². The van der Waals surface area contributed by atoms with E-state index in [-0.39, 0.29) is 24.5 Å². The van der Waals surface area contributed by atoms with Crippen molar-refractivity contribution < 1.29 is 4.79 Å². The van der Waals surface area contributed by atoms with E-state index in [1.165, 1.54) is 0 Å². The number of nitrogens with zero attached hydrogens (tertiary/aromatic N) is 5. The smallest absolute Gasteiger partial charge is 0.323 e. The van der Waals surface area contributed by atoms with Gasteiger partial charge in [-0.05, 0) is 55.7 Å². The summed E-state index contributed by atoms with van der Waals surface area (Å²) in [6.45, 7) is 4.34. The molecular weight excluding hydrogens is 412 g/mol. The van der Waals surface area contributed by atoms with Crippen LogP contribution in [0.15, 0.2) is 55.0 Å². The second kappa shape index (κ2) is 8.89. The number of hydrogen-bond acceptors (Lipinski definition) is 5. The number of carbonyl (C=O) groups excluding carboxylic acids is 1. The van der Waals surface area contributed by atoms with Gasteiger partial charge in [0.1, 0.15) is 0 Å². The number of aromatic nitrogens is 3. The molecule has 8 heteroatoms. The van der Waals surface area contributed by atoms with Crippen molar-refractivity contribution in [2.45, 2.75) is 25.8 Å². The molecule has 31 heavy (non-hydrogen) atoms. The van der Waals surface area contributed by atoms with Crippen molar-refractivity contribution in [1.29, 1.82) is 0 Å². The maximum Gasteiger partial charge on any atom is 0.323 e. The predicted molar refractivity (Wildman–Crippen MR) is 124 cm³/mol. The van der Waals surface area contributed by atoms with Gasteiger partial charge in [0, 0.05) is 49.5 Å². The molecule has 5 heterocycles. The zero-order chi connectivity index (χ0) is 20.5. The molecule has 1 saturated heterocycles. The molecule has 0 unspecified atom stereocenters. The fourth-order valence-corrected chi connectivity index (χ4v) is 4.28. The number of anilines is 2. The summed E-state index contributed by atoms with van der Waals surface area (Å²) >= 11 is 0. The second-order valence-corrected chi connectivity index (χ2v) is 7.83.